The van der Waals surface area contributed by atoms with E-state index in [1.807, 2.05) is 59.6 Å². The predicted octanol–water partition coefficient (Wildman–Crippen LogP) is 6.02. The van der Waals surface area contributed by atoms with Crippen molar-refractivity contribution in [3.8, 4) is 11.6 Å². The molecule has 0 saturated carbocycles. The monoisotopic (exact) mass is 511 g/mol. The van der Waals surface area contributed by atoms with E-state index in [2.05, 4.69) is 14.9 Å². The molecule has 2 aliphatic rings. The van der Waals surface area contributed by atoms with Gasteiger partial charge in [0.05, 0.1) is 5.69 Å². The van der Waals surface area contributed by atoms with Crippen LogP contribution in [0.5, 0.6) is 11.6 Å². The highest BCUT2D eigenvalue weighted by Crippen LogP contribution is 2.37. The molecule has 38 heavy (non-hydrogen) atoms. The van der Waals surface area contributed by atoms with Gasteiger partial charge >= 0.3 is 0 Å². The van der Waals surface area contributed by atoms with Crippen LogP contribution in [0, 0.1) is 0 Å². The molecule has 1 unspecified atom stereocenters. The normalized spacial score (nSPS) is 18.0. The van der Waals surface area contributed by atoms with Crippen LogP contribution in [0.4, 0.5) is 16.0 Å². The molecule has 194 valence electrons. The molecule has 1 aromatic heterocycles. The molecule has 1 amide bonds. The van der Waals surface area contributed by atoms with E-state index >= 15 is 0 Å². The van der Waals surface area contributed by atoms with Crippen molar-refractivity contribution in [2.24, 2.45) is 0 Å². The van der Waals surface area contributed by atoms with E-state index in [0.29, 0.717) is 48.2 Å². The molecule has 1 atom stereocenters. The average molecular weight is 512 g/mol. The smallest absolute Gasteiger partial charge is 0.272 e. The van der Waals surface area contributed by atoms with Crippen LogP contribution in [0.1, 0.15) is 36.0 Å². The van der Waals surface area contributed by atoms with Crippen molar-refractivity contribution in [2.75, 3.05) is 36.1 Å². The maximum Gasteiger partial charge on any atom is 0.272 e. The molecule has 0 aliphatic carbocycles. The van der Waals surface area contributed by atoms with E-state index in [0.717, 1.165) is 36.7 Å². The van der Waals surface area contributed by atoms with Crippen molar-refractivity contribution >= 4 is 28.3 Å². The number of rotatable bonds is 6. The Morgan fingerprint density at radius 1 is 0.895 bits per heavy atom. The number of ether oxygens (including phenoxy) is 1. The number of halogens is 1. The molecule has 8 heteroatoms. The van der Waals surface area contributed by atoms with Gasteiger partial charge in [0.2, 0.25) is 11.8 Å². The van der Waals surface area contributed by atoms with Crippen molar-refractivity contribution < 1.29 is 13.9 Å². The SMILES string of the molecule is O=C(c1ccccc1)N(c1ccc(Oc2ccnc(N3CCCC3)n2)c2ccccc12)N1CCCC(F)C1. The van der Waals surface area contributed by atoms with Gasteiger partial charge in [-0.15, -0.1) is 0 Å². The summed E-state index contributed by atoms with van der Waals surface area (Å²) in [7, 11) is 0. The second-order valence-electron chi connectivity index (χ2n) is 9.75. The summed E-state index contributed by atoms with van der Waals surface area (Å²) in [5.74, 6) is 1.58. The Morgan fingerprint density at radius 3 is 2.45 bits per heavy atom. The van der Waals surface area contributed by atoms with Crippen molar-refractivity contribution in [3.63, 3.8) is 0 Å². The number of benzene rings is 3. The van der Waals surface area contributed by atoms with E-state index in [-0.39, 0.29) is 12.5 Å². The zero-order valence-electron chi connectivity index (χ0n) is 21.2. The number of nitrogens with zero attached hydrogens (tertiary/aromatic N) is 5. The van der Waals surface area contributed by atoms with Crippen molar-refractivity contribution in [3.05, 3.63) is 84.6 Å². The summed E-state index contributed by atoms with van der Waals surface area (Å²) in [4.78, 5) is 25.1. The Bertz CT molecular complexity index is 1430. The minimum atomic E-state index is -0.980. The minimum Gasteiger partial charge on any atom is -0.438 e. The first-order valence-electron chi connectivity index (χ1n) is 13.2. The lowest BCUT2D eigenvalue weighted by atomic mass is 10.1. The maximum atomic E-state index is 14.5. The van der Waals surface area contributed by atoms with Crippen LogP contribution >= 0.6 is 0 Å². The molecule has 0 N–H and O–H groups in total. The summed E-state index contributed by atoms with van der Waals surface area (Å²) >= 11 is 0. The van der Waals surface area contributed by atoms with Crippen molar-refractivity contribution in [1.82, 2.24) is 15.0 Å². The third-order valence-electron chi connectivity index (χ3n) is 7.15. The van der Waals surface area contributed by atoms with Gasteiger partial charge in [-0.3, -0.25) is 4.79 Å². The molecule has 0 bridgehead atoms. The molecular weight excluding hydrogens is 481 g/mol. The van der Waals surface area contributed by atoms with E-state index in [9.17, 15) is 9.18 Å². The number of aromatic nitrogens is 2. The van der Waals surface area contributed by atoms with E-state index in [4.69, 9.17) is 4.74 Å². The first-order valence-corrected chi connectivity index (χ1v) is 13.2. The Hall–Kier alpha value is -4.04. The minimum absolute atomic E-state index is 0.172. The Balaban J connectivity index is 1.39. The predicted molar refractivity (Wildman–Crippen MR) is 146 cm³/mol. The summed E-state index contributed by atoms with van der Waals surface area (Å²) in [6, 6.07) is 22.4. The van der Waals surface area contributed by atoms with Crippen LogP contribution in [0.15, 0.2) is 79.0 Å². The fourth-order valence-corrected chi connectivity index (χ4v) is 5.28. The van der Waals surface area contributed by atoms with Crippen LogP contribution in [0.3, 0.4) is 0 Å². The fourth-order valence-electron chi connectivity index (χ4n) is 5.28. The summed E-state index contributed by atoms with van der Waals surface area (Å²) in [5, 5.41) is 5.15. The second kappa shape index (κ2) is 10.8. The molecule has 6 rings (SSSR count). The lowest BCUT2D eigenvalue weighted by Gasteiger charge is -2.39. The zero-order valence-corrected chi connectivity index (χ0v) is 21.2. The molecule has 7 nitrogen and oxygen atoms in total. The summed E-state index contributed by atoms with van der Waals surface area (Å²) in [6.45, 7) is 2.67. The number of alkyl halides is 1. The molecule has 4 aromatic rings. The van der Waals surface area contributed by atoms with Crippen molar-refractivity contribution in [2.45, 2.75) is 31.9 Å². The molecule has 0 radical (unpaired) electrons. The van der Waals surface area contributed by atoms with Gasteiger partial charge in [-0.2, -0.15) is 4.98 Å². The third-order valence-corrected chi connectivity index (χ3v) is 7.15. The van der Waals surface area contributed by atoms with Crippen LogP contribution in [0.25, 0.3) is 10.8 Å². The number of hydrogen-bond acceptors (Lipinski definition) is 6. The topological polar surface area (TPSA) is 61.8 Å². The number of fused-ring (bicyclic) bond motifs is 1. The molecule has 3 heterocycles. The van der Waals surface area contributed by atoms with Crippen LogP contribution in [-0.4, -0.2) is 53.2 Å². The Labute approximate surface area is 221 Å². The molecule has 0 spiro atoms. The quantitative estimate of drug-likeness (QED) is 0.316. The number of carbonyl (C=O) groups excluding carboxylic acids is 1. The molecule has 3 aromatic carbocycles. The van der Waals surface area contributed by atoms with Crippen molar-refractivity contribution in [1.29, 1.82) is 0 Å². The first-order chi connectivity index (χ1) is 18.7. The van der Waals surface area contributed by atoms with Gasteiger partial charge in [-0.1, -0.05) is 42.5 Å². The lowest BCUT2D eigenvalue weighted by Crippen LogP contribution is -2.52. The highest BCUT2D eigenvalue weighted by atomic mass is 19.1. The summed E-state index contributed by atoms with van der Waals surface area (Å²) in [6.07, 6.45) is 4.21. The van der Waals surface area contributed by atoms with E-state index < -0.39 is 6.17 Å². The fraction of sp³-hybridized carbons (Fsp3) is 0.300. The van der Waals surface area contributed by atoms with Gasteiger partial charge in [-0.25, -0.2) is 19.4 Å². The maximum absolute atomic E-state index is 14.5. The van der Waals surface area contributed by atoms with Gasteiger partial charge in [0.25, 0.3) is 5.91 Å². The largest absolute Gasteiger partial charge is 0.438 e. The van der Waals surface area contributed by atoms with Crippen LogP contribution in [-0.2, 0) is 0 Å². The van der Waals surface area contributed by atoms with E-state index in [1.165, 1.54) is 0 Å². The first kappa shape index (κ1) is 24.3. The van der Waals surface area contributed by atoms with Gasteiger partial charge in [-0.05, 0) is 49.9 Å². The second-order valence-corrected chi connectivity index (χ2v) is 9.75. The average Bonchev–Trinajstić information content (AvgIpc) is 3.50. The highest BCUT2D eigenvalue weighted by Gasteiger charge is 2.31. The molecule has 2 fully saturated rings. The molecule has 2 aliphatic heterocycles. The van der Waals surface area contributed by atoms with E-state index in [1.54, 1.807) is 29.4 Å². The number of hydrazine groups is 1. The number of anilines is 2. The van der Waals surface area contributed by atoms with Gasteiger partial charge in [0, 0.05) is 54.8 Å². The number of piperidine rings is 1. The highest BCUT2D eigenvalue weighted by molar-refractivity contribution is 6.11. The Morgan fingerprint density at radius 2 is 1.66 bits per heavy atom. The van der Waals surface area contributed by atoms with Crippen LogP contribution < -0.4 is 14.6 Å². The Kier molecular flexibility index (Phi) is 6.88. The standard InChI is InChI=1S/C30H30FN5O2/c31-23-11-8-20-35(21-23)36(29(37)22-9-2-1-3-10-22)26-14-15-27(25-13-5-4-12-24(25)26)38-28-16-17-32-30(33-28)34-18-6-7-19-34/h1-5,9-10,12-17,23H,6-8,11,18-21H2. The van der Waals surface area contributed by atoms with Gasteiger partial charge in [0.1, 0.15) is 11.9 Å². The van der Waals surface area contributed by atoms with Gasteiger partial charge in [0.15, 0.2) is 0 Å². The summed E-state index contributed by atoms with van der Waals surface area (Å²) in [5.41, 5.74) is 1.24. The zero-order chi connectivity index (χ0) is 25.9. The number of hydrogen-bond donors (Lipinski definition) is 0. The lowest BCUT2D eigenvalue weighted by molar-refractivity contribution is 0.0797. The molecular formula is C30H30FN5O2. The third kappa shape index (κ3) is 4.91. The number of amides is 1. The number of carbonyl (C=O) groups is 1. The van der Waals surface area contributed by atoms with Crippen LogP contribution in [0.2, 0.25) is 0 Å². The van der Waals surface area contributed by atoms with Gasteiger partial charge < -0.3 is 9.64 Å². The molecule has 2 saturated heterocycles. The summed E-state index contributed by atoms with van der Waals surface area (Å²) < 4.78 is 20.8.